The summed E-state index contributed by atoms with van der Waals surface area (Å²) in [6, 6.07) is 0. The summed E-state index contributed by atoms with van der Waals surface area (Å²) in [5.74, 6) is -2.39. The van der Waals surface area contributed by atoms with Crippen LogP contribution in [0.2, 0.25) is 0 Å². The first kappa shape index (κ1) is 36.8. The monoisotopic (exact) mass is 592 g/mol. The highest BCUT2D eigenvalue weighted by Gasteiger charge is 2.19. The van der Waals surface area contributed by atoms with Gasteiger partial charge < -0.3 is 20.9 Å². The van der Waals surface area contributed by atoms with E-state index < -0.39 is 17.8 Å². The maximum atomic E-state index is 12.1. The molecule has 0 bridgehead atoms. The zero-order chi connectivity index (χ0) is 31.5. The number of rotatable bonds is 22. The van der Waals surface area contributed by atoms with Gasteiger partial charge in [0.15, 0.2) is 5.69 Å². The van der Waals surface area contributed by atoms with Gasteiger partial charge in [0, 0.05) is 26.4 Å². The minimum absolute atomic E-state index is 0.0355. The molecule has 1 heterocycles. The van der Waals surface area contributed by atoms with Crippen LogP contribution in [0.5, 0.6) is 0 Å². The second-order valence-corrected chi connectivity index (χ2v) is 9.91. The number of carbonyl (C=O) groups is 3. The van der Waals surface area contributed by atoms with Crippen molar-refractivity contribution < 1.29 is 24.2 Å². The molecule has 3 N–H and O–H groups in total. The van der Waals surface area contributed by atoms with Gasteiger partial charge in [-0.15, -0.1) is 0 Å². The molecule has 9 nitrogen and oxygen atoms in total. The van der Waals surface area contributed by atoms with E-state index in [1.54, 1.807) is 6.92 Å². The first-order valence-electron chi connectivity index (χ1n) is 15.1. The van der Waals surface area contributed by atoms with Crippen LogP contribution in [-0.2, 0) is 9.59 Å². The molecular weight excluding hydrogens is 544 g/mol. The molecule has 2 amide bonds. The Morgan fingerprint density at radius 3 is 1.81 bits per heavy atom. The number of hydrogen-bond donors (Lipinski definition) is 3. The van der Waals surface area contributed by atoms with Gasteiger partial charge in [-0.1, -0.05) is 79.8 Å². The van der Waals surface area contributed by atoms with E-state index in [-0.39, 0.29) is 37.5 Å². The van der Waals surface area contributed by atoms with Crippen molar-refractivity contribution in [3.63, 3.8) is 0 Å². The molecule has 9 heteroatoms. The zero-order valence-electron chi connectivity index (χ0n) is 25.6. The number of aryl methyl sites for hydroxylation is 1. The van der Waals surface area contributed by atoms with Crippen molar-refractivity contribution in [1.29, 1.82) is 0 Å². The Labute approximate surface area is 256 Å². The SMILES string of the molecule is CC/C=C\C/C=C\C/C=C\C/C=C\C/C=C\C/C=C\CCC(=O)NCCC(CCNC(=O)c1c[n+]([O-])c(C)cn1)C(=O)O. The maximum Gasteiger partial charge on any atom is 0.306 e. The Bertz CT molecular complexity index is 1150. The Hall–Kier alpha value is -4.27. The highest BCUT2D eigenvalue weighted by atomic mass is 16.5. The number of allylic oxidation sites excluding steroid dienone is 12. The van der Waals surface area contributed by atoms with Gasteiger partial charge in [-0.25, -0.2) is 4.98 Å². The summed E-state index contributed by atoms with van der Waals surface area (Å²) < 4.78 is 0.548. The number of amides is 2. The normalized spacial score (nSPS) is 12.9. The van der Waals surface area contributed by atoms with E-state index in [0.717, 1.165) is 44.7 Å². The average Bonchev–Trinajstić information content (AvgIpc) is 2.98. The van der Waals surface area contributed by atoms with E-state index in [9.17, 15) is 24.7 Å². The van der Waals surface area contributed by atoms with Crippen molar-refractivity contribution in [1.82, 2.24) is 15.6 Å². The van der Waals surface area contributed by atoms with Crippen LogP contribution in [0.15, 0.2) is 85.3 Å². The summed E-state index contributed by atoms with van der Waals surface area (Å²) in [4.78, 5) is 39.7. The van der Waals surface area contributed by atoms with Gasteiger partial charge in [-0.05, 0) is 57.8 Å². The van der Waals surface area contributed by atoms with Gasteiger partial charge in [0.1, 0.15) is 0 Å². The third kappa shape index (κ3) is 19.5. The summed E-state index contributed by atoms with van der Waals surface area (Å²) in [5, 5.41) is 26.4. The van der Waals surface area contributed by atoms with Crippen LogP contribution in [0.25, 0.3) is 0 Å². The predicted octanol–water partition coefficient (Wildman–Crippen LogP) is 5.83. The van der Waals surface area contributed by atoms with Crippen molar-refractivity contribution in [2.24, 2.45) is 5.92 Å². The van der Waals surface area contributed by atoms with Crippen molar-refractivity contribution in [2.45, 2.75) is 78.1 Å². The molecule has 0 aliphatic carbocycles. The first-order valence-corrected chi connectivity index (χ1v) is 15.1. The molecule has 0 saturated heterocycles. The Morgan fingerprint density at radius 2 is 1.33 bits per heavy atom. The van der Waals surface area contributed by atoms with E-state index in [2.05, 4.69) is 83.3 Å². The molecule has 0 aliphatic rings. The molecule has 0 radical (unpaired) electrons. The standard InChI is InChI=1S/C34H48N4O5/c1-3-4-5-6-7-8-9-10-11-12-13-14-15-16-17-18-19-20-21-22-32(39)35-25-23-30(34(41)42)24-26-36-33(40)31-28-38(43)29(2)27-37-31/h4-5,7-8,10-11,13-14,16-17,19-20,27-28,30H,3,6,9,12,15,18,21-26H2,1-2H3,(H,35,39)(H,36,40)(H,41,42)/b5-4-,8-7-,11-10-,14-13-,17-16-,20-19-. The molecule has 1 unspecified atom stereocenters. The molecule has 1 aromatic rings. The largest absolute Gasteiger partial charge is 0.618 e. The summed E-state index contributed by atoms with van der Waals surface area (Å²) in [5.41, 5.74) is 0.327. The quantitative estimate of drug-likeness (QED) is 0.0881. The third-order valence-corrected chi connectivity index (χ3v) is 6.29. The zero-order valence-corrected chi connectivity index (χ0v) is 25.6. The Balaban J connectivity index is 2.12. The number of nitrogens with zero attached hydrogens (tertiary/aromatic N) is 2. The van der Waals surface area contributed by atoms with Gasteiger partial charge in [0.25, 0.3) is 5.91 Å². The van der Waals surface area contributed by atoms with E-state index in [1.165, 1.54) is 6.20 Å². The van der Waals surface area contributed by atoms with Crippen LogP contribution in [0, 0.1) is 18.0 Å². The van der Waals surface area contributed by atoms with Gasteiger partial charge in [-0.3, -0.25) is 14.4 Å². The van der Waals surface area contributed by atoms with Crippen molar-refractivity contribution >= 4 is 17.8 Å². The molecule has 0 aliphatic heterocycles. The van der Waals surface area contributed by atoms with Gasteiger partial charge in [0.05, 0.1) is 12.1 Å². The fraction of sp³-hybridized carbons (Fsp3) is 0.441. The molecule has 43 heavy (non-hydrogen) atoms. The number of carboxylic acids is 1. The van der Waals surface area contributed by atoms with Crippen LogP contribution < -0.4 is 15.4 Å². The fourth-order valence-corrected chi connectivity index (χ4v) is 3.75. The molecule has 0 saturated carbocycles. The van der Waals surface area contributed by atoms with Crippen molar-refractivity contribution in [2.75, 3.05) is 13.1 Å². The van der Waals surface area contributed by atoms with Crippen molar-refractivity contribution in [3.05, 3.63) is 102 Å². The topological polar surface area (TPSA) is 135 Å². The highest BCUT2D eigenvalue weighted by molar-refractivity contribution is 5.91. The molecule has 0 aromatic carbocycles. The van der Waals surface area contributed by atoms with Gasteiger partial charge >= 0.3 is 5.97 Å². The lowest BCUT2D eigenvalue weighted by Crippen LogP contribution is -2.35. The van der Waals surface area contributed by atoms with Crippen molar-refractivity contribution in [3.8, 4) is 0 Å². The molecule has 1 rings (SSSR count). The van der Waals surface area contributed by atoms with Crippen LogP contribution in [0.1, 0.15) is 87.3 Å². The van der Waals surface area contributed by atoms with Gasteiger partial charge in [-0.2, -0.15) is 4.73 Å². The first-order chi connectivity index (χ1) is 20.8. The van der Waals surface area contributed by atoms with Crippen LogP contribution in [0.4, 0.5) is 0 Å². The molecular formula is C34H48N4O5. The molecule has 0 spiro atoms. The van der Waals surface area contributed by atoms with Crippen LogP contribution >= 0.6 is 0 Å². The number of aliphatic carboxylic acids is 1. The number of carbonyl (C=O) groups excluding carboxylic acids is 2. The summed E-state index contributed by atoms with van der Waals surface area (Å²) in [6.45, 7) is 4.06. The Kier molecular flexibility index (Phi) is 20.8. The second kappa shape index (κ2) is 24.3. The number of nitrogens with one attached hydrogen (secondary N) is 2. The van der Waals surface area contributed by atoms with E-state index >= 15 is 0 Å². The average molecular weight is 593 g/mol. The number of hydrogen-bond acceptors (Lipinski definition) is 5. The van der Waals surface area contributed by atoms with Crippen LogP contribution in [-0.4, -0.2) is 41.0 Å². The van der Waals surface area contributed by atoms with E-state index in [4.69, 9.17) is 0 Å². The minimum atomic E-state index is -0.993. The highest BCUT2D eigenvalue weighted by Crippen LogP contribution is 2.08. The molecule has 1 atom stereocenters. The number of aromatic nitrogens is 2. The summed E-state index contributed by atoms with van der Waals surface area (Å²) in [6.07, 6.45) is 35.1. The molecule has 234 valence electrons. The molecule has 0 fully saturated rings. The lowest BCUT2D eigenvalue weighted by atomic mass is 10.0. The third-order valence-electron chi connectivity index (χ3n) is 6.29. The Morgan fingerprint density at radius 1 is 0.837 bits per heavy atom. The summed E-state index contributed by atoms with van der Waals surface area (Å²) in [7, 11) is 0. The predicted molar refractivity (Wildman–Crippen MR) is 171 cm³/mol. The van der Waals surface area contributed by atoms with E-state index in [1.807, 2.05) is 12.2 Å². The van der Waals surface area contributed by atoms with Gasteiger partial charge in [0.2, 0.25) is 17.8 Å². The van der Waals surface area contributed by atoms with E-state index in [0.29, 0.717) is 23.3 Å². The summed E-state index contributed by atoms with van der Waals surface area (Å²) >= 11 is 0. The smallest absolute Gasteiger partial charge is 0.306 e. The second-order valence-electron chi connectivity index (χ2n) is 9.91. The lowest BCUT2D eigenvalue weighted by molar-refractivity contribution is -0.613. The molecule has 1 aromatic heterocycles. The van der Waals surface area contributed by atoms with Crippen LogP contribution in [0.3, 0.4) is 0 Å². The minimum Gasteiger partial charge on any atom is -0.618 e. The maximum absolute atomic E-state index is 12.1. The fourth-order valence-electron chi connectivity index (χ4n) is 3.75. The lowest BCUT2D eigenvalue weighted by Gasteiger charge is -2.13. The number of carboxylic acid groups (broad SMARTS) is 1.